The second-order valence-electron chi connectivity index (χ2n) is 12.5. The maximum atomic E-state index is 12.3. The van der Waals surface area contributed by atoms with E-state index >= 15 is 0 Å². The molecule has 2 unspecified atom stereocenters. The van der Waals surface area contributed by atoms with E-state index < -0.39 is 11.6 Å². The van der Waals surface area contributed by atoms with Crippen molar-refractivity contribution in [2.24, 2.45) is 24.3 Å². The van der Waals surface area contributed by atoms with Crippen LogP contribution in [0.15, 0.2) is 22.2 Å². The van der Waals surface area contributed by atoms with E-state index in [1.165, 1.54) is 16.8 Å². The van der Waals surface area contributed by atoms with Crippen LogP contribution in [0.4, 0.5) is 0 Å². The van der Waals surface area contributed by atoms with Crippen molar-refractivity contribution >= 4 is 17.4 Å². The molecule has 2 heterocycles. The van der Waals surface area contributed by atoms with Gasteiger partial charge in [0, 0.05) is 30.3 Å². The van der Waals surface area contributed by atoms with Gasteiger partial charge in [-0.3, -0.25) is 14.3 Å². The molecular formula is C29H41N5O4. The third-order valence-corrected chi connectivity index (χ3v) is 7.44. The van der Waals surface area contributed by atoms with Crippen molar-refractivity contribution in [1.82, 2.24) is 25.2 Å². The molecule has 1 amide bonds. The molecule has 206 valence electrons. The number of nitrogens with one attached hydrogen (secondary N) is 1. The van der Waals surface area contributed by atoms with Gasteiger partial charge in [0.05, 0.1) is 0 Å². The van der Waals surface area contributed by atoms with Gasteiger partial charge < -0.3 is 14.6 Å². The summed E-state index contributed by atoms with van der Waals surface area (Å²) in [6.45, 7) is 14.1. The summed E-state index contributed by atoms with van der Waals surface area (Å²) >= 11 is 0. The number of aryl methyl sites for hydroxylation is 1. The lowest BCUT2D eigenvalue weighted by molar-refractivity contribution is -0.154. The van der Waals surface area contributed by atoms with Crippen LogP contribution in [0.25, 0.3) is 17.2 Å². The van der Waals surface area contributed by atoms with Crippen LogP contribution in [-0.2, 0) is 34.2 Å². The zero-order valence-corrected chi connectivity index (χ0v) is 24.0. The average molecular weight is 524 g/mol. The van der Waals surface area contributed by atoms with Gasteiger partial charge in [-0.2, -0.15) is 10.1 Å². The minimum absolute atomic E-state index is 0.118. The zero-order valence-electron chi connectivity index (χ0n) is 24.0. The molecule has 9 nitrogen and oxygen atoms in total. The van der Waals surface area contributed by atoms with Gasteiger partial charge in [0.1, 0.15) is 12.1 Å². The first kappa shape index (κ1) is 27.8. The number of ether oxygens (including phenoxy) is 1. The molecule has 4 rings (SSSR count). The Balaban J connectivity index is 1.38. The fourth-order valence-corrected chi connectivity index (χ4v) is 5.47. The molecule has 0 aliphatic heterocycles. The number of amides is 1. The van der Waals surface area contributed by atoms with Crippen LogP contribution in [0.1, 0.15) is 84.8 Å². The number of esters is 1. The van der Waals surface area contributed by atoms with Gasteiger partial charge >= 0.3 is 5.97 Å². The minimum atomic E-state index is -0.570. The highest BCUT2D eigenvalue weighted by Crippen LogP contribution is 2.39. The number of hydrogen-bond donors (Lipinski definition) is 1. The van der Waals surface area contributed by atoms with Crippen LogP contribution < -0.4 is 5.32 Å². The number of carbonyl (C=O) groups excluding carboxylic acids is 2. The second-order valence-corrected chi connectivity index (χ2v) is 12.5. The van der Waals surface area contributed by atoms with Crippen molar-refractivity contribution in [3.8, 4) is 11.6 Å². The quantitative estimate of drug-likeness (QED) is 0.518. The molecule has 0 saturated carbocycles. The van der Waals surface area contributed by atoms with Gasteiger partial charge in [-0.1, -0.05) is 43.7 Å². The molecule has 0 aromatic carbocycles. The van der Waals surface area contributed by atoms with Crippen molar-refractivity contribution in [3.63, 3.8) is 0 Å². The molecular weight excluding hydrogens is 482 g/mol. The molecule has 0 bridgehead atoms. The van der Waals surface area contributed by atoms with Crippen LogP contribution in [0.5, 0.6) is 0 Å². The Morgan fingerprint density at radius 1 is 1.29 bits per heavy atom. The monoisotopic (exact) mass is 523 g/mol. The molecule has 9 heteroatoms. The van der Waals surface area contributed by atoms with Gasteiger partial charge in [0.15, 0.2) is 5.69 Å². The third kappa shape index (κ3) is 6.42. The number of nitrogens with zero attached hydrogens (tertiary/aromatic N) is 4. The number of aromatic nitrogens is 4. The predicted octanol–water partition coefficient (Wildman–Crippen LogP) is 4.82. The Kier molecular flexibility index (Phi) is 7.68. The third-order valence-electron chi connectivity index (χ3n) is 7.44. The summed E-state index contributed by atoms with van der Waals surface area (Å²) in [6.07, 6.45) is 8.27. The lowest BCUT2D eigenvalue weighted by Crippen LogP contribution is -2.34. The largest absolute Gasteiger partial charge is 0.459 e. The van der Waals surface area contributed by atoms with Crippen molar-refractivity contribution in [1.29, 1.82) is 0 Å². The highest BCUT2D eigenvalue weighted by Gasteiger charge is 2.32. The number of carbonyl (C=O) groups is 2. The van der Waals surface area contributed by atoms with E-state index in [-0.39, 0.29) is 29.7 Å². The van der Waals surface area contributed by atoms with E-state index in [1.54, 1.807) is 20.8 Å². The summed E-state index contributed by atoms with van der Waals surface area (Å²) in [5.41, 5.74) is 5.02. The summed E-state index contributed by atoms with van der Waals surface area (Å²) < 4.78 is 12.9. The Morgan fingerprint density at radius 3 is 2.71 bits per heavy atom. The Morgan fingerprint density at radius 2 is 2.03 bits per heavy atom. The molecule has 2 aliphatic carbocycles. The van der Waals surface area contributed by atoms with E-state index in [9.17, 15) is 9.59 Å². The van der Waals surface area contributed by atoms with Gasteiger partial charge in [0.2, 0.25) is 11.7 Å². The molecule has 2 aromatic rings. The average Bonchev–Trinajstić information content (AvgIpc) is 3.40. The van der Waals surface area contributed by atoms with Crippen molar-refractivity contribution in [2.75, 3.05) is 6.54 Å². The number of hydrogen-bond acceptors (Lipinski definition) is 7. The first-order chi connectivity index (χ1) is 17.7. The predicted molar refractivity (Wildman–Crippen MR) is 145 cm³/mol. The fraction of sp³-hybridized carbons (Fsp3) is 0.621. The maximum Gasteiger partial charge on any atom is 0.325 e. The molecule has 0 saturated heterocycles. The Bertz CT molecular complexity index is 1270. The SMILES string of the molecule is CC1=CC(c2noc(-c3nn(C)c4c3CCC(C)(C)C4)n2)=CC(C)C1CCC(=O)NCC(=O)OC(C)(C)C. The van der Waals surface area contributed by atoms with E-state index in [1.807, 2.05) is 11.7 Å². The normalized spacial score (nSPS) is 20.8. The molecule has 1 N–H and O–H groups in total. The summed E-state index contributed by atoms with van der Waals surface area (Å²) in [5, 5.41) is 11.7. The molecule has 0 fully saturated rings. The van der Waals surface area contributed by atoms with E-state index in [4.69, 9.17) is 19.3 Å². The Hall–Kier alpha value is -3.23. The highest BCUT2D eigenvalue weighted by atomic mass is 16.6. The lowest BCUT2D eigenvalue weighted by Gasteiger charge is -2.29. The standard InChI is InChI=1S/C29H41N5O4/c1-17-13-19(14-18(2)20(17)9-10-23(35)30-16-24(36)37-28(3,4)5)26-31-27(38-33-26)25-21-11-12-29(6,7)15-22(21)34(8)32-25/h13-14,17,20H,9-12,15-16H2,1-8H3,(H,30,35). The fourth-order valence-electron chi connectivity index (χ4n) is 5.47. The van der Waals surface area contributed by atoms with E-state index in [0.29, 0.717) is 24.6 Å². The number of allylic oxidation sites excluding steroid dienone is 4. The van der Waals surface area contributed by atoms with E-state index in [0.717, 1.165) is 30.5 Å². The van der Waals surface area contributed by atoms with Crippen molar-refractivity contribution < 1.29 is 18.8 Å². The highest BCUT2D eigenvalue weighted by molar-refractivity contribution is 5.82. The minimum Gasteiger partial charge on any atom is -0.459 e. The maximum absolute atomic E-state index is 12.3. The van der Waals surface area contributed by atoms with Crippen LogP contribution >= 0.6 is 0 Å². The zero-order chi connectivity index (χ0) is 27.8. The summed E-state index contributed by atoms with van der Waals surface area (Å²) in [6, 6.07) is 0. The van der Waals surface area contributed by atoms with Crippen LogP contribution in [0.3, 0.4) is 0 Å². The van der Waals surface area contributed by atoms with Crippen molar-refractivity contribution in [3.05, 3.63) is 34.8 Å². The summed E-state index contributed by atoms with van der Waals surface area (Å²) in [4.78, 5) is 28.9. The molecule has 0 radical (unpaired) electrons. The first-order valence-electron chi connectivity index (χ1n) is 13.5. The van der Waals surface area contributed by atoms with Gasteiger partial charge in [-0.25, -0.2) is 0 Å². The Labute approximate surface area is 225 Å². The topological polar surface area (TPSA) is 112 Å². The molecule has 38 heavy (non-hydrogen) atoms. The first-order valence-corrected chi connectivity index (χ1v) is 13.5. The summed E-state index contributed by atoms with van der Waals surface area (Å²) in [5.74, 6) is 0.824. The smallest absolute Gasteiger partial charge is 0.325 e. The van der Waals surface area contributed by atoms with Gasteiger partial charge in [0.25, 0.3) is 5.89 Å². The molecule has 2 aromatic heterocycles. The van der Waals surface area contributed by atoms with Crippen LogP contribution in [0, 0.1) is 17.3 Å². The molecule has 0 spiro atoms. The number of fused-ring (bicyclic) bond motifs is 1. The van der Waals surface area contributed by atoms with Gasteiger partial charge in [-0.15, -0.1) is 0 Å². The van der Waals surface area contributed by atoms with Crippen LogP contribution in [0.2, 0.25) is 0 Å². The summed E-state index contributed by atoms with van der Waals surface area (Å²) in [7, 11) is 1.98. The van der Waals surface area contributed by atoms with E-state index in [2.05, 4.69) is 50.3 Å². The van der Waals surface area contributed by atoms with Gasteiger partial charge in [-0.05, 0) is 70.6 Å². The second kappa shape index (κ2) is 10.5. The molecule has 2 aliphatic rings. The van der Waals surface area contributed by atoms with Crippen molar-refractivity contribution in [2.45, 2.75) is 86.2 Å². The number of rotatable bonds is 7. The molecule has 2 atom stereocenters. The lowest BCUT2D eigenvalue weighted by atomic mass is 9.76. The van der Waals surface area contributed by atoms with Crippen LogP contribution in [-0.4, -0.2) is 43.9 Å².